The van der Waals surface area contributed by atoms with E-state index in [1.807, 2.05) is 0 Å². The van der Waals surface area contributed by atoms with Crippen molar-refractivity contribution in [2.24, 2.45) is 11.8 Å². The zero-order valence-electron chi connectivity index (χ0n) is 6.77. The van der Waals surface area contributed by atoms with Gasteiger partial charge in [0.25, 0.3) is 0 Å². The highest BCUT2D eigenvalue weighted by Crippen LogP contribution is 2.33. The largest absolute Gasteiger partial charge is 0.313 e. The lowest BCUT2D eigenvalue weighted by Gasteiger charge is -2.26. The van der Waals surface area contributed by atoms with E-state index in [4.69, 9.17) is 0 Å². The maximum atomic E-state index is 3.61. The van der Waals surface area contributed by atoms with Gasteiger partial charge >= 0.3 is 0 Å². The fraction of sp³-hybridized carbons (Fsp3) is 1.00. The molecule has 0 aromatic rings. The zero-order chi connectivity index (χ0) is 6.97. The van der Waals surface area contributed by atoms with Crippen molar-refractivity contribution in [2.45, 2.75) is 38.6 Å². The first-order valence-corrected chi connectivity index (χ1v) is 4.61. The average Bonchev–Trinajstić information content (AvgIpc) is 2.34. The highest BCUT2D eigenvalue weighted by Gasteiger charge is 2.34. The van der Waals surface area contributed by atoms with Crippen LogP contribution in [0.3, 0.4) is 0 Å². The lowest BCUT2D eigenvalue weighted by Crippen LogP contribution is -2.29. The topological polar surface area (TPSA) is 12.0 Å². The minimum atomic E-state index is 0.892. The predicted octanol–water partition coefficient (Wildman–Crippen LogP) is 1.78. The third-order valence-electron chi connectivity index (χ3n) is 3.25. The minimum absolute atomic E-state index is 0.892. The summed E-state index contributed by atoms with van der Waals surface area (Å²) in [4.78, 5) is 0. The van der Waals surface area contributed by atoms with Gasteiger partial charge in [-0.25, -0.2) is 0 Å². The molecule has 1 saturated carbocycles. The van der Waals surface area contributed by atoms with E-state index in [1.165, 1.54) is 32.2 Å². The maximum Gasteiger partial charge on any atom is 0.00984 e. The van der Waals surface area contributed by atoms with E-state index in [9.17, 15) is 0 Å². The number of hydrogen-bond donors (Lipinski definition) is 1. The summed E-state index contributed by atoms with van der Waals surface area (Å²) in [6, 6.07) is 0.892. The Labute approximate surface area is 63.2 Å². The van der Waals surface area contributed by atoms with Gasteiger partial charge in [-0.05, 0) is 31.2 Å². The van der Waals surface area contributed by atoms with Crippen molar-refractivity contribution in [3.05, 3.63) is 0 Å². The van der Waals surface area contributed by atoms with Crippen LogP contribution in [0.1, 0.15) is 32.6 Å². The number of nitrogens with one attached hydrogen (secondary N) is 1. The van der Waals surface area contributed by atoms with Gasteiger partial charge in [-0.1, -0.05) is 19.8 Å². The number of rotatable bonds is 0. The van der Waals surface area contributed by atoms with E-state index >= 15 is 0 Å². The summed E-state index contributed by atoms with van der Waals surface area (Å²) < 4.78 is 0. The van der Waals surface area contributed by atoms with Gasteiger partial charge in [0.15, 0.2) is 0 Å². The van der Waals surface area contributed by atoms with Crippen LogP contribution in [0, 0.1) is 11.8 Å². The first-order chi connectivity index (χ1) is 4.88. The molecule has 1 aliphatic carbocycles. The summed E-state index contributed by atoms with van der Waals surface area (Å²) in [5, 5.41) is 3.61. The minimum Gasteiger partial charge on any atom is -0.313 e. The number of fused-ring (bicyclic) bond motifs is 1. The fourth-order valence-corrected chi connectivity index (χ4v) is 2.58. The van der Waals surface area contributed by atoms with Crippen molar-refractivity contribution in [1.82, 2.24) is 5.32 Å². The molecule has 1 heterocycles. The second-order valence-electron chi connectivity index (χ2n) is 3.94. The van der Waals surface area contributed by atoms with E-state index in [2.05, 4.69) is 12.2 Å². The molecule has 0 aromatic heterocycles. The Morgan fingerprint density at radius 1 is 1.20 bits per heavy atom. The van der Waals surface area contributed by atoms with Crippen molar-refractivity contribution in [3.8, 4) is 0 Å². The Hall–Kier alpha value is -0.0400. The lowest BCUT2D eigenvalue weighted by atomic mass is 9.81. The molecule has 0 aromatic carbocycles. The third-order valence-corrected chi connectivity index (χ3v) is 3.25. The molecule has 1 N–H and O–H groups in total. The molecular formula is C9H17N. The Morgan fingerprint density at radius 3 is 2.80 bits per heavy atom. The summed E-state index contributed by atoms with van der Waals surface area (Å²) in [5.74, 6) is 1.97. The third kappa shape index (κ3) is 0.968. The van der Waals surface area contributed by atoms with Gasteiger partial charge in [0.05, 0.1) is 0 Å². The molecule has 2 aliphatic rings. The van der Waals surface area contributed by atoms with Crippen LogP contribution < -0.4 is 5.32 Å². The molecule has 0 unspecified atom stereocenters. The monoisotopic (exact) mass is 139 g/mol. The summed E-state index contributed by atoms with van der Waals surface area (Å²) in [5.41, 5.74) is 0. The second-order valence-corrected chi connectivity index (χ2v) is 3.94. The van der Waals surface area contributed by atoms with Crippen LogP contribution in [-0.4, -0.2) is 12.6 Å². The van der Waals surface area contributed by atoms with Gasteiger partial charge in [-0.2, -0.15) is 0 Å². The van der Waals surface area contributed by atoms with E-state index in [0.29, 0.717) is 0 Å². The molecule has 58 valence electrons. The van der Waals surface area contributed by atoms with Crippen LogP contribution in [0.15, 0.2) is 0 Å². The average molecular weight is 139 g/mol. The van der Waals surface area contributed by atoms with Crippen molar-refractivity contribution in [2.75, 3.05) is 6.54 Å². The lowest BCUT2D eigenvalue weighted by molar-refractivity contribution is 0.285. The van der Waals surface area contributed by atoms with Crippen molar-refractivity contribution < 1.29 is 0 Å². The molecule has 2 fully saturated rings. The second kappa shape index (κ2) is 2.54. The molecule has 10 heavy (non-hydrogen) atoms. The van der Waals surface area contributed by atoms with Gasteiger partial charge in [0.1, 0.15) is 0 Å². The molecule has 1 nitrogen and oxygen atoms in total. The Morgan fingerprint density at radius 2 is 2.00 bits per heavy atom. The van der Waals surface area contributed by atoms with Crippen LogP contribution in [0.5, 0.6) is 0 Å². The van der Waals surface area contributed by atoms with Crippen molar-refractivity contribution in [3.63, 3.8) is 0 Å². The molecule has 2 rings (SSSR count). The van der Waals surface area contributed by atoms with Gasteiger partial charge in [0, 0.05) is 6.04 Å². The summed E-state index contributed by atoms with van der Waals surface area (Å²) >= 11 is 0. The molecule has 0 bridgehead atoms. The molecule has 1 aliphatic heterocycles. The van der Waals surface area contributed by atoms with E-state index in [1.54, 1.807) is 0 Å². The molecule has 3 atom stereocenters. The van der Waals surface area contributed by atoms with Gasteiger partial charge < -0.3 is 5.32 Å². The van der Waals surface area contributed by atoms with Crippen molar-refractivity contribution >= 4 is 0 Å². The first-order valence-electron chi connectivity index (χ1n) is 4.61. The standard InChI is InChI=1S/C9H17N/c1-7-6-10-9-5-3-2-4-8(7)9/h7-10H,2-6H2,1H3/t7-,8+,9+/m1/s1. The normalized spacial score (nSPS) is 47.1. The first kappa shape index (κ1) is 6.66. The van der Waals surface area contributed by atoms with E-state index in [0.717, 1.165) is 17.9 Å². The van der Waals surface area contributed by atoms with Crippen molar-refractivity contribution in [1.29, 1.82) is 0 Å². The van der Waals surface area contributed by atoms with Crippen LogP contribution in [-0.2, 0) is 0 Å². The highest BCUT2D eigenvalue weighted by atomic mass is 15.0. The smallest absolute Gasteiger partial charge is 0.00984 e. The van der Waals surface area contributed by atoms with Crippen LogP contribution in [0.25, 0.3) is 0 Å². The van der Waals surface area contributed by atoms with E-state index < -0.39 is 0 Å². The Bertz CT molecular complexity index is 120. The SMILES string of the molecule is C[C@@H]1CN[C@H]2CCCC[C@@H]12. The van der Waals surface area contributed by atoms with Crippen LogP contribution in [0.4, 0.5) is 0 Å². The van der Waals surface area contributed by atoms with Gasteiger partial charge in [-0.15, -0.1) is 0 Å². The highest BCUT2D eigenvalue weighted by molar-refractivity contribution is 4.90. The van der Waals surface area contributed by atoms with Crippen LogP contribution in [0.2, 0.25) is 0 Å². The quantitative estimate of drug-likeness (QED) is 0.539. The van der Waals surface area contributed by atoms with Crippen LogP contribution >= 0.6 is 0 Å². The Kier molecular flexibility index (Phi) is 1.69. The fourth-order valence-electron chi connectivity index (χ4n) is 2.58. The number of hydrogen-bond acceptors (Lipinski definition) is 1. The van der Waals surface area contributed by atoms with Gasteiger partial charge in [0.2, 0.25) is 0 Å². The summed E-state index contributed by atoms with van der Waals surface area (Å²) in [7, 11) is 0. The molecule has 0 spiro atoms. The maximum absolute atomic E-state index is 3.61. The summed E-state index contributed by atoms with van der Waals surface area (Å²) in [6.45, 7) is 3.66. The molecular weight excluding hydrogens is 122 g/mol. The summed E-state index contributed by atoms with van der Waals surface area (Å²) in [6.07, 6.45) is 5.86. The molecule has 1 heteroatoms. The predicted molar refractivity (Wildman–Crippen MR) is 42.9 cm³/mol. The molecule has 1 saturated heterocycles. The molecule has 0 radical (unpaired) electrons. The van der Waals surface area contributed by atoms with E-state index in [-0.39, 0.29) is 0 Å². The Balaban J connectivity index is 2.01. The van der Waals surface area contributed by atoms with Gasteiger partial charge in [-0.3, -0.25) is 0 Å². The zero-order valence-corrected chi connectivity index (χ0v) is 6.77. The molecule has 0 amide bonds.